The molecule has 94 valence electrons. The Morgan fingerprint density at radius 1 is 1.59 bits per heavy atom. The van der Waals surface area contributed by atoms with Crippen LogP contribution in [0.25, 0.3) is 0 Å². The highest BCUT2D eigenvalue weighted by Crippen LogP contribution is 2.21. The van der Waals surface area contributed by atoms with Crippen molar-refractivity contribution in [1.82, 2.24) is 0 Å². The first kappa shape index (κ1) is 14.2. The normalized spacial score (nSPS) is 14.1. The van der Waals surface area contributed by atoms with Crippen LogP contribution in [0.3, 0.4) is 0 Å². The van der Waals surface area contributed by atoms with Crippen LogP contribution >= 0.6 is 15.9 Å². The number of aromatic carboxylic acids is 1. The van der Waals surface area contributed by atoms with Gasteiger partial charge in [0.05, 0.1) is 5.56 Å². The van der Waals surface area contributed by atoms with Gasteiger partial charge in [-0.25, -0.2) is 4.79 Å². The van der Waals surface area contributed by atoms with Crippen molar-refractivity contribution < 1.29 is 14.1 Å². The summed E-state index contributed by atoms with van der Waals surface area (Å²) in [5, 5.41) is 12.0. The molecule has 0 aromatic heterocycles. The van der Waals surface area contributed by atoms with Gasteiger partial charge in [0.25, 0.3) is 0 Å². The lowest BCUT2D eigenvalue weighted by Crippen LogP contribution is -2.20. The van der Waals surface area contributed by atoms with Gasteiger partial charge in [0.15, 0.2) is 0 Å². The van der Waals surface area contributed by atoms with Crippen LogP contribution in [0, 0.1) is 0 Å². The molecule has 2 unspecified atom stereocenters. The highest BCUT2D eigenvalue weighted by atomic mass is 79.9. The quantitative estimate of drug-likeness (QED) is 0.874. The van der Waals surface area contributed by atoms with Gasteiger partial charge in [0.2, 0.25) is 0 Å². The minimum atomic E-state index is -0.966. The minimum Gasteiger partial charge on any atom is -0.478 e. The van der Waals surface area contributed by atoms with Crippen LogP contribution in [-0.2, 0) is 10.8 Å². The zero-order valence-electron chi connectivity index (χ0n) is 9.57. The molecule has 0 aliphatic carbocycles. The number of carbonyl (C=O) groups is 1. The van der Waals surface area contributed by atoms with Crippen molar-refractivity contribution in [1.29, 1.82) is 0 Å². The van der Waals surface area contributed by atoms with Crippen molar-refractivity contribution in [3.05, 3.63) is 28.2 Å². The molecule has 0 spiro atoms. The van der Waals surface area contributed by atoms with Crippen LogP contribution in [0.4, 0.5) is 5.69 Å². The maximum atomic E-state index is 11.2. The summed E-state index contributed by atoms with van der Waals surface area (Å²) in [6, 6.07) is 4.93. The van der Waals surface area contributed by atoms with Gasteiger partial charge < -0.3 is 10.4 Å². The number of rotatable bonds is 5. The van der Waals surface area contributed by atoms with Crippen LogP contribution in [0.5, 0.6) is 0 Å². The Hall–Kier alpha value is -0.880. The van der Waals surface area contributed by atoms with Gasteiger partial charge in [-0.3, -0.25) is 4.21 Å². The first-order valence-electron chi connectivity index (χ1n) is 5.00. The Labute approximate surface area is 111 Å². The molecule has 0 heterocycles. The number of halogens is 1. The average Bonchev–Trinajstić information content (AvgIpc) is 2.25. The van der Waals surface area contributed by atoms with Gasteiger partial charge >= 0.3 is 5.97 Å². The average molecular weight is 320 g/mol. The zero-order chi connectivity index (χ0) is 13.0. The predicted octanol–water partition coefficient (Wildman–Crippen LogP) is 2.33. The highest BCUT2D eigenvalue weighted by molar-refractivity contribution is 9.10. The van der Waals surface area contributed by atoms with Crippen molar-refractivity contribution >= 4 is 38.4 Å². The van der Waals surface area contributed by atoms with Gasteiger partial charge in [-0.1, -0.05) is 0 Å². The summed E-state index contributed by atoms with van der Waals surface area (Å²) < 4.78 is 11.7. The number of carboxylic acid groups (broad SMARTS) is 1. The number of carboxylic acids is 1. The molecule has 1 rings (SSSR count). The third kappa shape index (κ3) is 4.12. The van der Waals surface area contributed by atoms with Gasteiger partial charge in [-0.15, -0.1) is 0 Å². The summed E-state index contributed by atoms with van der Waals surface area (Å²) in [5.41, 5.74) is 1.03. The predicted molar refractivity (Wildman–Crippen MR) is 73.1 cm³/mol. The number of nitrogens with one attached hydrogen (secondary N) is 1. The molecule has 2 N–H and O–H groups in total. The van der Waals surface area contributed by atoms with Crippen LogP contribution in [0.1, 0.15) is 17.3 Å². The van der Waals surface area contributed by atoms with Crippen molar-refractivity contribution in [3.63, 3.8) is 0 Å². The SMILES string of the molecule is CC(CNc1ccc(C(=O)O)c(Br)c1)S(C)=O. The minimum absolute atomic E-state index is 0.0490. The molecule has 1 aromatic carbocycles. The molecule has 0 saturated heterocycles. The number of hydrogen-bond donors (Lipinski definition) is 2. The van der Waals surface area contributed by atoms with E-state index in [9.17, 15) is 9.00 Å². The van der Waals surface area contributed by atoms with Crippen LogP contribution in [-0.4, -0.2) is 33.3 Å². The molecule has 0 saturated carbocycles. The zero-order valence-corrected chi connectivity index (χ0v) is 12.0. The van der Waals surface area contributed by atoms with E-state index in [4.69, 9.17) is 5.11 Å². The van der Waals surface area contributed by atoms with E-state index in [0.717, 1.165) is 5.69 Å². The van der Waals surface area contributed by atoms with Gasteiger partial charge in [-0.05, 0) is 41.1 Å². The van der Waals surface area contributed by atoms with Crippen LogP contribution in [0.15, 0.2) is 22.7 Å². The highest BCUT2D eigenvalue weighted by Gasteiger charge is 2.09. The second-order valence-electron chi connectivity index (χ2n) is 3.69. The van der Waals surface area contributed by atoms with Crippen molar-refractivity contribution in [2.45, 2.75) is 12.2 Å². The van der Waals surface area contributed by atoms with Crippen LogP contribution < -0.4 is 5.32 Å². The third-order valence-electron chi connectivity index (χ3n) is 2.36. The molecule has 1 aromatic rings. The standard InChI is InChI=1S/C11H14BrNO3S/c1-7(17(2)16)6-13-8-3-4-9(11(14)15)10(12)5-8/h3-5,7,13H,6H2,1-2H3,(H,14,15). The number of hydrogen-bond acceptors (Lipinski definition) is 3. The summed E-state index contributed by atoms with van der Waals surface area (Å²) in [4.78, 5) is 10.8. The molecular weight excluding hydrogens is 306 g/mol. The fourth-order valence-corrected chi connectivity index (χ4v) is 2.04. The second-order valence-corrected chi connectivity index (χ2v) is 6.35. The van der Waals surface area contributed by atoms with Gasteiger partial charge in [0, 0.05) is 39.0 Å². The van der Waals surface area contributed by atoms with E-state index in [1.165, 1.54) is 6.07 Å². The lowest BCUT2D eigenvalue weighted by Gasteiger charge is -2.11. The fraction of sp³-hybridized carbons (Fsp3) is 0.364. The Morgan fingerprint density at radius 3 is 2.71 bits per heavy atom. The van der Waals surface area contributed by atoms with Crippen molar-refractivity contribution in [3.8, 4) is 0 Å². The van der Waals surface area contributed by atoms with Crippen molar-refractivity contribution in [2.75, 3.05) is 18.1 Å². The summed E-state index contributed by atoms with van der Waals surface area (Å²) in [7, 11) is -0.869. The van der Waals surface area contributed by atoms with Crippen LogP contribution in [0.2, 0.25) is 0 Å². The molecule has 6 heteroatoms. The van der Waals surface area contributed by atoms with E-state index in [2.05, 4.69) is 21.2 Å². The van der Waals surface area contributed by atoms with E-state index < -0.39 is 16.8 Å². The molecule has 0 bridgehead atoms. The largest absolute Gasteiger partial charge is 0.478 e. The molecule has 17 heavy (non-hydrogen) atoms. The Bertz CT molecular complexity index is 450. The lowest BCUT2D eigenvalue weighted by atomic mass is 10.2. The van der Waals surface area contributed by atoms with E-state index in [1.54, 1.807) is 18.4 Å². The maximum Gasteiger partial charge on any atom is 0.336 e. The first-order valence-corrected chi connectivity index (χ1v) is 7.42. The molecule has 0 amide bonds. The van der Waals surface area contributed by atoms with E-state index in [1.807, 2.05) is 6.92 Å². The topological polar surface area (TPSA) is 66.4 Å². The Morgan fingerprint density at radius 2 is 2.24 bits per heavy atom. The van der Waals surface area contributed by atoms with Gasteiger partial charge in [-0.2, -0.15) is 0 Å². The van der Waals surface area contributed by atoms with E-state index in [-0.39, 0.29) is 10.8 Å². The molecule has 0 aliphatic heterocycles. The third-order valence-corrected chi connectivity index (χ3v) is 4.32. The van der Waals surface area contributed by atoms with E-state index in [0.29, 0.717) is 11.0 Å². The number of benzene rings is 1. The molecular formula is C11H14BrNO3S. The summed E-state index contributed by atoms with van der Waals surface area (Å²) in [5.74, 6) is -0.966. The number of anilines is 1. The molecule has 2 atom stereocenters. The molecule has 0 aliphatic rings. The Balaban J connectivity index is 2.71. The fourth-order valence-electron chi connectivity index (χ4n) is 1.18. The Kier molecular flexibility index (Phi) is 5.14. The maximum absolute atomic E-state index is 11.2. The van der Waals surface area contributed by atoms with Gasteiger partial charge in [0.1, 0.15) is 0 Å². The molecule has 0 fully saturated rings. The van der Waals surface area contributed by atoms with Crippen molar-refractivity contribution in [2.24, 2.45) is 0 Å². The summed E-state index contributed by atoms with van der Waals surface area (Å²) in [6.07, 6.45) is 1.66. The first-order chi connectivity index (χ1) is 7.91. The second kappa shape index (κ2) is 6.16. The monoisotopic (exact) mass is 319 g/mol. The molecule has 0 radical (unpaired) electrons. The smallest absolute Gasteiger partial charge is 0.336 e. The summed E-state index contributed by atoms with van der Waals surface area (Å²) >= 11 is 3.20. The summed E-state index contributed by atoms with van der Waals surface area (Å²) in [6.45, 7) is 2.48. The lowest BCUT2D eigenvalue weighted by molar-refractivity contribution is 0.0696. The molecule has 4 nitrogen and oxygen atoms in total. The van der Waals surface area contributed by atoms with E-state index >= 15 is 0 Å².